The van der Waals surface area contributed by atoms with Crippen molar-refractivity contribution in [1.29, 1.82) is 0 Å². The van der Waals surface area contributed by atoms with E-state index in [1.807, 2.05) is 18.7 Å². The number of aryl methyl sites for hydroxylation is 1. The van der Waals surface area contributed by atoms with Crippen LogP contribution in [-0.2, 0) is 4.74 Å². The van der Waals surface area contributed by atoms with E-state index < -0.39 is 5.97 Å². The van der Waals surface area contributed by atoms with E-state index in [4.69, 9.17) is 4.74 Å². The van der Waals surface area contributed by atoms with Gasteiger partial charge in [-0.15, -0.1) is 0 Å². The third-order valence-corrected chi connectivity index (χ3v) is 3.41. The van der Waals surface area contributed by atoms with Crippen LogP contribution in [0.25, 0.3) is 0 Å². The van der Waals surface area contributed by atoms with Gasteiger partial charge in [-0.05, 0) is 32.9 Å². The number of aromatic nitrogens is 1. The number of methoxy groups -OCH3 is 1. The van der Waals surface area contributed by atoms with Crippen molar-refractivity contribution in [3.05, 3.63) is 34.7 Å². The van der Waals surface area contributed by atoms with Crippen LogP contribution in [0.3, 0.4) is 0 Å². The molecule has 5 heteroatoms. The lowest BCUT2D eigenvalue weighted by Crippen LogP contribution is -2.31. The first-order valence-corrected chi connectivity index (χ1v) is 6.99. The van der Waals surface area contributed by atoms with Crippen LogP contribution in [0.5, 0.6) is 0 Å². The van der Waals surface area contributed by atoms with Crippen molar-refractivity contribution in [3.63, 3.8) is 0 Å². The van der Waals surface area contributed by atoms with E-state index in [0.29, 0.717) is 35.6 Å². The average molecular weight is 292 g/mol. The molecule has 0 atom stereocenters. The van der Waals surface area contributed by atoms with Crippen LogP contribution < -0.4 is 0 Å². The van der Waals surface area contributed by atoms with Gasteiger partial charge in [-0.2, -0.15) is 0 Å². The van der Waals surface area contributed by atoms with Gasteiger partial charge < -0.3 is 9.72 Å². The minimum Gasteiger partial charge on any atom is -0.465 e. The molecule has 0 spiro atoms. The zero-order valence-electron chi connectivity index (χ0n) is 13.5. The normalized spacial score (nSPS) is 10.8. The summed E-state index contributed by atoms with van der Waals surface area (Å²) in [7, 11) is 1.33. The van der Waals surface area contributed by atoms with Crippen molar-refractivity contribution in [2.45, 2.75) is 27.7 Å². The van der Waals surface area contributed by atoms with E-state index in [2.05, 4.69) is 11.6 Å². The van der Waals surface area contributed by atoms with Gasteiger partial charge in [0.2, 0.25) is 0 Å². The molecule has 0 unspecified atom stereocenters. The topological polar surface area (TPSA) is 62.4 Å². The number of carbonyl (C=O) groups is 2. The Hall–Kier alpha value is -1.88. The van der Waals surface area contributed by atoms with E-state index in [1.54, 1.807) is 13.8 Å². The highest BCUT2D eigenvalue weighted by Gasteiger charge is 2.23. The largest absolute Gasteiger partial charge is 0.465 e. The summed E-state index contributed by atoms with van der Waals surface area (Å²) in [5.41, 5.74) is 3.25. The number of aromatic amines is 1. The molecule has 0 aliphatic heterocycles. The second-order valence-electron chi connectivity index (χ2n) is 5.30. The summed E-state index contributed by atoms with van der Waals surface area (Å²) in [6, 6.07) is 0. The lowest BCUT2D eigenvalue weighted by atomic mass is 10.1. The summed E-state index contributed by atoms with van der Waals surface area (Å²) in [5, 5.41) is 0. The predicted octanol–water partition coefficient (Wildman–Crippen LogP) is 2.50. The van der Waals surface area contributed by atoms with Crippen LogP contribution in [-0.4, -0.2) is 48.4 Å². The summed E-state index contributed by atoms with van der Waals surface area (Å²) >= 11 is 0. The first-order chi connectivity index (χ1) is 9.81. The molecule has 0 aliphatic rings. The molecule has 0 amide bonds. The molecule has 0 radical (unpaired) electrons. The van der Waals surface area contributed by atoms with Crippen molar-refractivity contribution in [3.8, 4) is 0 Å². The zero-order chi connectivity index (χ0) is 16.2. The Bertz CT molecular complexity index is 558. The minimum atomic E-state index is -0.422. The molecule has 1 rings (SSSR count). The van der Waals surface area contributed by atoms with Crippen LogP contribution in [0.4, 0.5) is 0 Å². The molecule has 0 bridgehead atoms. The SMILES string of the molecule is C=C(C)CN(CC)CC(=O)c1[nH]c(C)c(C(=O)OC)c1C. The molecule has 0 aliphatic carbocycles. The van der Waals surface area contributed by atoms with E-state index in [9.17, 15) is 9.59 Å². The Labute approximate surface area is 126 Å². The van der Waals surface area contributed by atoms with Gasteiger partial charge in [0.1, 0.15) is 0 Å². The molecule has 0 aromatic carbocycles. The number of nitrogens with zero attached hydrogens (tertiary/aromatic N) is 1. The van der Waals surface area contributed by atoms with Crippen LogP contribution in [0.15, 0.2) is 12.2 Å². The molecule has 1 aromatic heterocycles. The lowest BCUT2D eigenvalue weighted by molar-refractivity contribution is 0.0599. The fourth-order valence-corrected chi connectivity index (χ4v) is 2.38. The Morgan fingerprint density at radius 2 is 1.90 bits per heavy atom. The van der Waals surface area contributed by atoms with Gasteiger partial charge in [0.05, 0.1) is 24.9 Å². The minimum absolute atomic E-state index is 0.0335. The predicted molar refractivity (Wildman–Crippen MR) is 82.9 cm³/mol. The monoisotopic (exact) mass is 292 g/mol. The number of nitrogens with one attached hydrogen (secondary N) is 1. The van der Waals surface area contributed by atoms with E-state index >= 15 is 0 Å². The molecule has 0 saturated carbocycles. The maximum Gasteiger partial charge on any atom is 0.339 e. The quantitative estimate of drug-likeness (QED) is 0.476. The number of rotatable bonds is 7. The molecule has 0 fully saturated rings. The van der Waals surface area contributed by atoms with Crippen LogP contribution in [0, 0.1) is 13.8 Å². The average Bonchev–Trinajstić information content (AvgIpc) is 2.72. The first kappa shape index (κ1) is 17.2. The van der Waals surface area contributed by atoms with E-state index in [0.717, 1.165) is 12.1 Å². The smallest absolute Gasteiger partial charge is 0.339 e. The van der Waals surface area contributed by atoms with Gasteiger partial charge >= 0.3 is 5.97 Å². The fourth-order valence-electron chi connectivity index (χ4n) is 2.38. The molecule has 0 saturated heterocycles. The molecule has 5 nitrogen and oxygen atoms in total. The Morgan fingerprint density at radius 3 is 2.38 bits per heavy atom. The summed E-state index contributed by atoms with van der Waals surface area (Å²) in [6.45, 7) is 13.1. The summed E-state index contributed by atoms with van der Waals surface area (Å²) in [4.78, 5) is 29.2. The Balaban J connectivity index is 2.98. The molecule has 116 valence electrons. The second-order valence-corrected chi connectivity index (χ2v) is 5.30. The number of carbonyl (C=O) groups excluding carboxylic acids is 2. The number of ether oxygens (including phenoxy) is 1. The fraction of sp³-hybridized carbons (Fsp3) is 0.500. The summed E-state index contributed by atoms with van der Waals surface area (Å²) in [6.07, 6.45) is 0. The summed E-state index contributed by atoms with van der Waals surface area (Å²) < 4.78 is 4.75. The highest BCUT2D eigenvalue weighted by molar-refractivity contribution is 6.02. The van der Waals surface area contributed by atoms with E-state index in [1.165, 1.54) is 7.11 Å². The molecule has 21 heavy (non-hydrogen) atoms. The lowest BCUT2D eigenvalue weighted by Gasteiger charge is -2.19. The number of H-pyrrole nitrogens is 1. The van der Waals surface area contributed by atoms with Gasteiger partial charge in [0, 0.05) is 12.2 Å². The number of hydrogen-bond acceptors (Lipinski definition) is 4. The standard InChI is InChI=1S/C16H24N2O3/c1-7-18(8-10(2)3)9-13(19)15-11(4)14(12(5)17-15)16(20)21-6/h17H,2,7-9H2,1,3-6H3. The van der Waals surface area contributed by atoms with Crippen molar-refractivity contribution in [1.82, 2.24) is 9.88 Å². The van der Waals surface area contributed by atoms with Gasteiger partial charge in [-0.25, -0.2) is 4.79 Å². The number of esters is 1. The van der Waals surface area contributed by atoms with Gasteiger partial charge in [-0.3, -0.25) is 9.69 Å². The van der Waals surface area contributed by atoms with Crippen LogP contribution >= 0.6 is 0 Å². The van der Waals surface area contributed by atoms with E-state index in [-0.39, 0.29) is 5.78 Å². The molecule has 1 aromatic rings. The van der Waals surface area contributed by atoms with Gasteiger partial charge in [0.25, 0.3) is 0 Å². The Kier molecular flexibility index (Phi) is 5.90. The molecule has 1 N–H and O–H groups in total. The zero-order valence-corrected chi connectivity index (χ0v) is 13.5. The molecular weight excluding hydrogens is 268 g/mol. The second kappa shape index (κ2) is 7.22. The molecular formula is C16H24N2O3. The number of ketones is 1. The third-order valence-electron chi connectivity index (χ3n) is 3.41. The summed E-state index contributed by atoms with van der Waals surface area (Å²) in [5.74, 6) is -0.455. The maximum absolute atomic E-state index is 12.4. The number of likely N-dealkylation sites (N-methyl/N-ethyl adjacent to an activating group) is 1. The highest BCUT2D eigenvalue weighted by atomic mass is 16.5. The van der Waals surface area contributed by atoms with Crippen molar-refractivity contribution in [2.75, 3.05) is 26.7 Å². The number of hydrogen-bond donors (Lipinski definition) is 1. The van der Waals surface area contributed by atoms with Crippen molar-refractivity contribution in [2.24, 2.45) is 0 Å². The number of Topliss-reactive ketones (excluding diaryl/α,β-unsaturated/α-hetero) is 1. The van der Waals surface area contributed by atoms with Crippen molar-refractivity contribution < 1.29 is 14.3 Å². The van der Waals surface area contributed by atoms with Crippen molar-refractivity contribution >= 4 is 11.8 Å². The van der Waals surface area contributed by atoms with Crippen LogP contribution in [0.1, 0.15) is 46.0 Å². The first-order valence-electron chi connectivity index (χ1n) is 6.99. The van der Waals surface area contributed by atoms with Crippen LogP contribution in [0.2, 0.25) is 0 Å². The maximum atomic E-state index is 12.4. The van der Waals surface area contributed by atoms with Gasteiger partial charge in [-0.1, -0.05) is 19.1 Å². The Morgan fingerprint density at radius 1 is 1.29 bits per heavy atom. The third kappa shape index (κ3) is 4.04. The highest BCUT2D eigenvalue weighted by Crippen LogP contribution is 2.19. The van der Waals surface area contributed by atoms with Gasteiger partial charge in [0.15, 0.2) is 5.78 Å². The molecule has 1 heterocycles.